The molecule has 1 N–H and O–H groups in total. The van der Waals surface area contributed by atoms with E-state index in [0.717, 1.165) is 43.3 Å². The van der Waals surface area contributed by atoms with Gasteiger partial charge in [0.25, 0.3) is 0 Å². The molecule has 1 aliphatic heterocycles. The van der Waals surface area contributed by atoms with Crippen molar-refractivity contribution in [3.63, 3.8) is 0 Å². The van der Waals surface area contributed by atoms with E-state index in [0.29, 0.717) is 0 Å². The summed E-state index contributed by atoms with van der Waals surface area (Å²) < 4.78 is 0. The van der Waals surface area contributed by atoms with Crippen LogP contribution in [0.5, 0.6) is 0 Å². The van der Waals surface area contributed by atoms with E-state index < -0.39 is 0 Å². The van der Waals surface area contributed by atoms with E-state index in [1.165, 1.54) is 18.4 Å². The average molecular weight is 245 g/mol. The molecule has 3 nitrogen and oxygen atoms in total. The average Bonchev–Trinajstić information content (AvgIpc) is 3.14. The molecule has 3 heteroatoms. The Morgan fingerprint density at radius 1 is 1.22 bits per heavy atom. The Hall–Kier alpha value is -1.09. The van der Waals surface area contributed by atoms with Crippen molar-refractivity contribution in [1.29, 1.82) is 0 Å². The Morgan fingerprint density at radius 2 is 1.94 bits per heavy atom. The third-order valence-electron chi connectivity index (χ3n) is 4.29. The van der Waals surface area contributed by atoms with Crippen LogP contribution in [0.3, 0.4) is 0 Å². The van der Waals surface area contributed by atoms with E-state index in [2.05, 4.69) is 41.2 Å². The standard InChI is InChI=1S/C15H23N3/c1-11-9-18(10-12(11)2)15-6-3-13(8-17-15)7-16-14-4-5-14/h3,6,8,11-12,14,16H,4-5,7,9-10H2,1-2H3. The molecule has 2 heterocycles. The lowest BCUT2D eigenvalue weighted by Gasteiger charge is -2.17. The van der Waals surface area contributed by atoms with Crippen molar-refractivity contribution in [2.24, 2.45) is 11.8 Å². The summed E-state index contributed by atoms with van der Waals surface area (Å²) in [6.45, 7) is 7.92. The van der Waals surface area contributed by atoms with Gasteiger partial charge < -0.3 is 10.2 Å². The molecule has 2 unspecified atom stereocenters. The van der Waals surface area contributed by atoms with Crippen molar-refractivity contribution >= 4 is 5.82 Å². The minimum absolute atomic E-state index is 0.768. The van der Waals surface area contributed by atoms with Gasteiger partial charge in [0.15, 0.2) is 0 Å². The Kier molecular flexibility index (Phi) is 3.25. The third-order valence-corrected chi connectivity index (χ3v) is 4.29. The molecule has 2 atom stereocenters. The predicted molar refractivity (Wildman–Crippen MR) is 74.6 cm³/mol. The molecule has 3 rings (SSSR count). The molecule has 1 aromatic heterocycles. The maximum Gasteiger partial charge on any atom is 0.128 e. The molecule has 1 aliphatic carbocycles. The van der Waals surface area contributed by atoms with Crippen molar-refractivity contribution < 1.29 is 0 Å². The fraction of sp³-hybridized carbons (Fsp3) is 0.667. The number of hydrogen-bond donors (Lipinski definition) is 1. The molecule has 1 aromatic rings. The molecule has 18 heavy (non-hydrogen) atoms. The van der Waals surface area contributed by atoms with Crippen LogP contribution in [0.4, 0.5) is 5.82 Å². The minimum Gasteiger partial charge on any atom is -0.356 e. The van der Waals surface area contributed by atoms with E-state index in [9.17, 15) is 0 Å². The Labute approximate surface area is 110 Å². The van der Waals surface area contributed by atoms with E-state index >= 15 is 0 Å². The fourth-order valence-corrected chi connectivity index (χ4v) is 2.57. The summed E-state index contributed by atoms with van der Waals surface area (Å²) in [5.41, 5.74) is 1.30. The molecule has 2 fully saturated rings. The van der Waals surface area contributed by atoms with Gasteiger partial charge in [0.05, 0.1) is 0 Å². The second-order valence-corrected chi connectivity index (χ2v) is 6.04. The summed E-state index contributed by atoms with van der Waals surface area (Å²) in [6, 6.07) is 5.16. The second-order valence-electron chi connectivity index (χ2n) is 6.04. The molecule has 1 saturated carbocycles. The Morgan fingerprint density at radius 3 is 2.50 bits per heavy atom. The van der Waals surface area contributed by atoms with E-state index in [4.69, 9.17) is 0 Å². The van der Waals surface area contributed by atoms with E-state index in [-0.39, 0.29) is 0 Å². The first kappa shape index (κ1) is 12.0. The molecule has 2 aliphatic rings. The van der Waals surface area contributed by atoms with Gasteiger partial charge in [0.2, 0.25) is 0 Å². The highest BCUT2D eigenvalue weighted by atomic mass is 15.2. The zero-order valence-corrected chi connectivity index (χ0v) is 11.4. The molecular formula is C15H23N3. The lowest BCUT2D eigenvalue weighted by molar-refractivity contribution is 0.494. The lowest BCUT2D eigenvalue weighted by atomic mass is 10.0. The Balaban J connectivity index is 1.59. The molecule has 1 saturated heterocycles. The number of nitrogens with one attached hydrogen (secondary N) is 1. The summed E-state index contributed by atoms with van der Waals surface area (Å²) in [7, 11) is 0. The van der Waals surface area contributed by atoms with Gasteiger partial charge in [0.1, 0.15) is 5.82 Å². The van der Waals surface area contributed by atoms with Crippen LogP contribution in [0.15, 0.2) is 18.3 Å². The van der Waals surface area contributed by atoms with Crippen LogP contribution in [-0.2, 0) is 6.54 Å². The molecule has 0 amide bonds. The highest BCUT2D eigenvalue weighted by molar-refractivity contribution is 5.40. The van der Waals surface area contributed by atoms with Crippen LogP contribution in [0, 0.1) is 11.8 Å². The lowest BCUT2D eigenvalue weighted by Crippen LogP contribution is -2.21. The number of rotatable bonds is 4. The topological polar surface area (TPSA) is 28.2 Å². The highest BCUT2D eigenvalue weighted by Gasteiger charge is 2.26. The molecule has 0 spiro atoms. The number of nitrogens with zero attached hydrogens (tertiary/aromatic N) is 2. The summed E-state index contributed by atoms with van der Waals surface area (Å²) in [5, 5.41) is 3.52. The Bertz CT molecular complexity index is 387. The van der Waals surface area contributed by atoms with E-state index in [1.807, 2.05) is 6.20 Å². The van der Waals surface area contributed by atoms with Crippen LogP contribution in [0.25, 0.3) is 0 Å². The zero-order chi connectivity index (χ0) is 12.5. The SMILES string of the molecule is CC1CN(c2ccc(CNC3CC3)cn2)CC1C. The third kappa shape index (κ3) is 2.66. The van der Waals surface area contributed by atoms with Crippen LogP contribution in [0.2, 0.25) is 0 Å². The maximum atomic E-state index is 4.61. The number of pyridine rings is 1. The van der Waals surface area contributed by atoms with Crippen LogP contribution in [0.1, 0.15) is 32.3 Å². The smallest absolute Gasteiger partial charge is 0.128 e. The number of aromatic nitrogens is 1. The molecule has 98 valence electrons. The fourth-order valence-electron chi connectivity index (χ4n) is 2.57. The first-order chi connectivity index (χ1) is 8.72. The first-order valence-corrected chi connectivity index (χ1v) is 7.15. The summed E-state index contributed by atoms with van der Waals surface area (Å²) >= 11 is 0. The number of hydrogen-bond acceptors (Lipinski definition) is 3. The monoisotopic (exact) mass is 245 g/mol. The predicted octanol–water partition coefficient (Wildman–Crippen LogP) is 2.43. The highest BCUT2D eigenvalue weighted by Crippen LogP contribution is 2.26. The van der Waals surface area contributed by atoms with Gasteiger partial charge >= 0.3 is 0 Å². The van der Waals surface area contributed by atoms with Crippen LogP contribution in [-0.4, -0.2) is 24.1 Å². The summed E-state index contributed by atoms with van der Waals surface area (Å²) in [5.74, 6) is 2.70. The second kappa shape index (κ2) is 4.88. The van der Waals surface area contributed by atoms with Gasteiger partial charge in [-0.1, -0.05) is 19.9 Å². The van der Waals surface area contributed by atoms with Crippen molar-refractivity contribution in [2.45, 2.75) is 39.3 Å². The first-order valence-electron chi connectivity index (χ1n) is 7.15. The van der Waals surface area contributed by atoms with Gasteiger partial charge in [-0.25, -0.2) is 4.98 Å². The minimum atomic E-state index is 0.768. The van der Waals surface area contributed by atoms with E-state index in [1.54, 1.807) is 0 Å². The van der Waals surface area contributed by atoms with Crippen molar-refractivity contribution in [1.82, 2.24) is 10.3 Å². The van der Waals surface area contributed by atoms with Gasteiger partial charge in [0, 0.05) is 31.9 Å². The van der Waals surface area contributed by atoms with Gasteiger partial charge in [-0.2, -0.15) is 0 Å². The normalized spacial score (nSPS) is 27.8. The van der Waals surface area contributed by atoms with Crippen molar-refractivity contribution in [3.05, 3.63) is 23.9 Å². The molecule has 0 bridgehead atoms. The van der Waals surface area contributed by atoms with Crippen molar-refractivity contribution in [2.75, 3.05) is 18.0 Å². The van der Waals surface area contributed by atoms with Gasteiger partial charge in [-0.05, 0) is 36.3 Å². The molecular weight excluding hydrogens is 222 g/mol. The van der Waals surface area contributed by atoms with Gasteiger partial charge in [-0.15, -0.1) is 0 Å². The summed E-state index contributed by atoms with van der Waals surface area (Å²) in [6.07, 6.45) is 4.71. The maximum absolute atomic E-state index is 4.61. The molecule has 0 aromatic carbocycles. The van der Waals surface area contributed by atoms with Crippen molar-refractivity contribution in [3.8, 4) is 0 Å². The molecule has 0 radical (unpaired) electrons. The van der Waals surface area contributed by atoms with Gasteiger partial charge in [-0.3, -0.25) is 0 Å². The quantitative estimate of drug-likeness (QED) is 0.883. The van der Waals surface area contributed by atoms with Crippen LogP contribution >= 0.6 is 0 Å². The van der Waals surface area contributed by atoms with Crippen LogP contribution < -0.4 is 10.2 Å². The summed E-state index contributed by atoms with van der Waals surface area (Å²) in [4.78, 5) is 7.02. The zero-order valence-electron chi connectivity index (χ0n) is 11.4. The number of anilines is 1. The largest absolute Gasteiger partial charge is 0.356 e.